The van der Waals surface area contributed by atoms with E-state index in [0.29, 0.717) is 17.5 Å². The van der Waals surface area contributed by atoms with Gasteiger partial charge in [-0.15, -0.1) is 0 Å². The maximum atomic E-state index is 6.45. The second kappa shape index (κ2) is 9.99. The Labute approximate surface area is 268 Å². The molecule has 0 atom stereocenters. The highest BCUT2D eigenvalue weighted by atomic mass is 16.3. The minimum atomic E-state index is 0.527. The summed E-state index contributed by atoms with van der Waals surface area (Å²) < 4.78 is 15.1. The number of hydrogen-bond donors (Lipinski definition) is 0. The molecule has 10 rings (SSSR count). The van der Waals surface area contributed by atoms with Gasteiger partial charge in [0.1, 0.15) is 22.3 Å². The Hall–Kier alpha value is -6.53. The molecule has 6 nitrogen and oxygen atoms in total. The molecule has 0 aliphatic carbocycles. The van der Waals surface area contributed by atoms with Crippen LogP contribution in [0, 0.1) is 0 Å². The molecular formula is C41H24N4O2. The molecule has 10 aromatic rings. The second-order valence-corrected chi connectivity index (χ2v) is 11.6. The third-order valence-corrected chi connectivity index (χ3v) is 8.91. The normalized spacial score (nSPS) is 11.8. The largest absolute Gasteiger partial charge is 0.455 e. The van der Waals surface area contributed by atoms with Crippen molar-refractivity contribution in [1.82, 2.24) is 19.5 Å². The van der Waals surface area contributed by atoms with Crippen molar-refractivity contribution in [2.24, 2.45) is 0 Å². The summed E-state index contributed by atoms with van der Waals surface area (Å²) in [5.74, 6) is 1.62. The zero-order chi connectivity index (χ0) is 30.9. The fourth-order valence-electron chi connectivity index (χ4n) is 6.74. The molecule has 0 radical (unpaired) electrons. The molecule has 47 heavy (non-hydrogen) atoms. The summed E-state index contributed by atoms with van der Waals surface area (Å²) in [6.45, 7) is 0. The monoisotopic (exact) mass is 604 g/mol. The van der Waals surface area contributed by atoms with Gasteiger partial charge in [-0.3, -0.25) is 0 Å². The van der Waals surface area contributed by atoms with Crippen LogP contribution in [-0.4, -0.2) is 19.5 Å². The Morgan fingerprint density at radius 2 is 0.851 bits per heavy atom. The first-order valence-corrected chi connectivity index (χ1v) is 15.5. The van der Waals surface area contributed by atoms with Crippen LogP contribution in [0.2, 0.25) is 0 Å². The molecule has 0 fully saturated rings. The smallest absolute Gasteiger partial charge is 0.167 e. The zero-order valence-corrected chi connectivity index (χ0v) is 25.0. The molecule has 0 bridgehead atoms. The van der Waals surface area contributed by atoms with Crippen LogP contribution in [0.5, 0.6) is 0 Å². The van der Waals surface area contributed by atoms with E-state index in [1.165, 1.54) is 0 Å². The van der Waals surface area contributed by atoms with E-state index in [2.05, 4.69) is 71.4 Å². The molecule has 4 heterocycles. The van der Waals surface area contributed by atoms with E-state index < -0.39 is 0 Å². The summed E-state index contributed by atoms with van der Waals surface area (Å²) in [5, 5.41) is 5.18. The lowest BCUT2D eigenvalue weighted by Crippen LogP contribution is -2.00. The van der Waals surface area contributed by atoms with Crippen molar-refractivity contribution in [3.05, 3.63) is 146 Å². The van der Waals surface area contributed by atoms with Crippen LogP contribution in [0.15, 0.2) is 155 Å². The molecule has 4 aromatic heterocycles. The Bertz CT molecular complexity index is 2680. The molecule has 0 unspecified atom stereocenters. The first-order chi connectivity index (χ1) is 23.3. The van der Waals surface area contributed by atoms with Crippen molar-refractivity contribution in [2.75, 3.05) is 0 Å². The van der Waals surface area contributed by atoms with Crippen molar-refractivity contribution < 1.29 is 8.83 Å². The SMILES string of the molecule is c1ccc(-n2cc(-c3nc(-c4cccc5c4oc4ccccc45)nc(-c4cccc5c4oc4ccccc45)n3)c3ccccc32)cc1. The van der Waals surface area contributed by atoms with Gasteiger partial charge in [-0.25, -0.2) is 15.0 Å². The summed E-state index contributed by atoms with van der Waals surface area (Å²) in [6.07, 6.45) is 2.12. The second-order valence-electron chi connectivity index (χ2n) is 11.6. The standard InChI is InChI=1S/C41H24N4O2/c1-2-12-25(13-3-1)45-24-33(26-14-4-7-21-34(26)45)41-43-39(31-19-10-17-29-27-15-5-8-22-35(27)46-37(29)31)42-40(44-41)32-20-11-18-30-28-16-6-9-23-36(28)47-38(30)32/h1-24H. The number of para-hydroxylation sites is 6. The highest BCUT2D eigenvalue weighted by Crippen LogP contribution is 2.39. The minimum absolute atomic E-state index is 0.527. The average Bonchev–Trinajstić information content (AvgIpc) is 3.83. The van der Waals surface area contributed by atoms with E-state index >= 15 is 0 Å². The maximum absolute atomic E-state index is 6.45. The Balaban J connectivity index is 1.28. The third-order valence-electron chi connectivity index (χ3n) is 8.91. The number of rotatable bonds is 4. The molecule has 220 valence electrons. The Kier molecular flexibility index (Phi) is 5.48. The van der Waals surface area contributed by atoms with Crippen molar-refractivity contribution in [3.63, 3.8) is 0 Å². The van der Waals surface area contributed by atoms with Gasteiger partial charge in [-0.05, 0) is 42.5 Å². The van der Waals surface area contributed by atoms with Crippen LogP contribution in [-0.2, 0) is 0 Å². The molecule has 0 aliphatic rings. The molecule has 6 heteroatoms. The molecule has 6 aromatic carbocycles. The number of benzene rings is 6. The zero-order valence-electron chi connectivity index (χ0n) is 25.0. The van der Waals surface area contributed by atoms with Gasteiger partial charge in [0.2, 0.25) is 0 Å². The van der Waals surface area contributed by atoms with Crippen LogP contribution in [0.1, 0.15) is 0 Å². The quantitative estimate of drug-likeness (QED) is 0.200. The predicted molar refractivity (Wildman–Crippen MR) is 188 cm³/mol. The van der Waals surface area contributed by atoms with E-state index in [1.807, 2.05) is 78.9 Å². The van der Waals surface area contributed by atoms with E-state index in [-0.39, 0.29) is 0 Å². The summed E-state index contributed by atoms with van der Waals surface area (Å²) in [4.78, 5) is 15.5. The van der Waals surface area contributed by atoms with Gasteiger partial charge in [0.25, 0.3) is 0 Å². The van der Waals surface area contributed by atoms with Gasteiger partial charge < -0.3 is 13.4 Å². The van der Waals surface area contributed by atoms with Gasteiger partial charge in [-0.2, -0.15) is 0 Å². The van der Waals surface area contributed by atoms with E-state index in [0.717, 1.165) is 77.2 Å². The third kappa shape index (κ3) is 3.95. The minimum Gasteiger partial charge on any atom is -0.455 e. The first-order valence-electron chi connectivity index (χ1n) is 15.5. The van der Waals surface area contributed by atoms with Gasteiger partial charge in [-0.1, -0.05) is 97.1 Å². The van der Waals surface area contributed by atoms with E-state index in [9.17, 15) is 0 Å². The van der Waals surface area contributed by atoms with Gasteiger partial charge in [0.15, 0.2) is 17.5 Å². The van der Waals surface area contributed by atoms with Gasteiger partial charge >= 0.3 is 0 Å². The lowest BCUT2D eigenvalue weighted by Gasteiger charge is -2.09. The Morgan fingerprint density at radius 3 is 1.45 bits per heavy atom. The average molecular weight is 605 g/mol. The molecule has 0 amide bonds. The van der Waals surface area contributed by atoms with Gasteiger partial charge in [0.05, 0.1) is 16.6 Å². The lowest BCUT2D eigenvalue weighted by atomic mass is 10.1. The van der Waals surface area contributed by atoms with Crippen molar-refractivity contribution in [2.45, 2.75) is 0 Å². The predicted octanol–water partition coefficient (Wildman–Crippen LogP) is 10.6. The molecule has 0 aliphatic heterocycles. The fraction of sp³-hybridized carbons (Fsp3) is 0. The maximum Gasteiger partial charge on any atom is 0.167 e. The number of aromatic nitrogens is 4. The topological polar surface area (TPSA) is 69.9 Å². The van der Waals surface area contributed by atoms with Crippen molar-refractivity contribution in [1.29, 1.82) is 0 Å². The Morgan fingerprint density at radius 1 is 0.383 bits per heavy atom. The number of hydrogen-bond acceptors (Lipinski definition) is 5. The summed E-state index contributed by atoms with van der Waals surface area (Å²) >= 11 is 0. The van der Waals surface area contributed by atoms with Crippen LogP contribution in [0.4, 0.5) is 0 Å². The first kappa shape index (κ1) is 25.8. The molecule has 0 N–H and O–H groups in total. The summed E-state index contributed by atoms with van der Waals surface area (Å²) in [5.41, 5.74) is 7.75. The van der Waals surface area contributed by atoms with Crippen LogP contribution < -0.4 is 0 Å². The highest BCUT2D eigenvalue weighted by molar-refractivity contribution is 6.10. The van der Waals surface area contributed by atoms with Gasteiger partial charge in [0, 0.05) is 44.4 Å². The number of furan rings is 2. The van der Waals surface area contributed by atoms with E-state index in [1.54, 1.807) is 0 Å². The summed E-state index contributed by atoms with van der Waals surface area (Å²) in [7, 11) is 0. The number of fused-ring (bicyclic) bond motifs is 7. The molecular weight excluding hydrogens is 580 g/mol. The van der Waals surface area contributed by atoms with Crippen molar-refractivity contribution in [3.8, 4) is 39.9 Å². The van der Waals surface area contributed by atoms with Crippen LogP contribution in [0.3, 0.4) is 0 Å². The van der Waals surface area contributed by atoms with Crippen LogP contribution in [0.25, 0.3) is 94.6 Å². The molecule has 0 spiro atoms. The fourth-order valence-corrected chi connectivity index (χ4v) is 6.74. The molecule has 0 saturated heterocycles. The highest BCUT2D eigenvalue weighted by Gasteiger charge is 2.22. The van der Waals surface area contributed by atoms with E-state index in [4.69, 9.17) is 23.8 Å². The molecule has 0 saturated carbocycles. The van der Waals surface area contributed by atoms with Crippen molar-refractivity contribution >= 4 is 54.8 Å². The summed E-state index contributed by atoms with van der Waals surface area (Å²) in [6, 6.07) is 47.1. The number of nitrogens with zero attached hydrogens (tertiary/aromatic N) is 4. The van der Waals surface area contributed by atoms with Crippen LogP contribution >= 0.6 is 0 Å². The lowest BCUT2D eigenvalue weighted by molar-refractivity contribution is 0.669.